The van der Waals surface area contributed by atoms with Crippen LogP contribution in [0.2, 0.25) is 0 Å². The van der Waals surface area contributed by atoms with Gasteiger partial charge < -0.3 is 20.8 Å². The van der Waals surface area contributed by atoms with E-state index in [9.17, 15) is 18.3 Å². The van der Waals surface area contributed by atoms with Gasteiger partial charge in [0.15, 0.2) is 0 Å². The summed E-state index contributed by atoms with van der Waals surface area (Å²) in [7, 11) is 0. The number of halogens is 3. The third kappa shape index (κ3) is 5.86. The molecule has 4 N–H and O–H groups in total. The van der Waals surface area contributed by atoms with Gasteiger partial charge in [0.25, 0.3) is 0 Å². The molecule has 0 aliphatic heterocycles. The molecular formula is C20H21F3N6O2. The van der Waals surface area contributed by atoms with Gasteiger partial charge in [0.2, 0.25) is 11.9 Å². The molecule has 0 bridgehead atoms. The Morgan fingerprint density at radius 2 is 1.74 bits per heavy atom. The number of aryl methyl sites for hydroxylation is 1. The molecule has 0 aliphatic rings. The second-order valence-corrected chi connectivity index (χ2v) is 7.02. The Bertz CT molecular complexity index is 1030. The molecule has 0 amide bonds. The van der Waals surface area contributed by atoms with Crippen molar-refractivity contribution in [2.45, 2.75) is 26.3 Å². The van der Waals surface area contributed by atoms with Crippen LogP contribution >= 0.6 is 0 Å². The number of hydrogen-bond donors (Lipinski definition) is 4. The SMILES string of the molecule is Cc1cc(Nc2nccc(C(F)(F)F)n2)cc(-c2cnc(NC(O)C(C)CO)nc2)c1. The number of aliphatic hydroxyl groups excluding tert-OH is 2. The third-order valence-corrected chi connectivity index (χ3v) is 4.37. The molecular weight excluding hydrogens is 413 g/mol. The zero-order valence-electron chi connectivity index (χ0n) is 16.7. The summed E-state index contributed by atoms with van der Waals surface area (Å²) in [5, 5.41) is 24.5. The monoisotopic (exact) mass is 434 g/mol. The van der Waals surface area contributed by atoms with Crippen molar-refractivity contribution in [3.63, 3.8) is 0 Å². The van der Waals surface area contributed by atoms with Gasteiger partial charge in [0.1, 0.15) is 11.9 Å². The van der Waals surface area contributed by atoms with E-state index in [2.05, 4.69) is 30.6 Å². The number of alkyl halides is 3. The Hall–Kier alpha value is -3.31. The summed E-state index contributed by atoms with van der Waals surface area (Å²) >= 11 is 0. The van der Waals surface area contributed by atoms with Gasteiger partial charge in [-0.2, -0.15) is 13.2 Å². The summed E-state index contributed by atoms with van der Waals surface area (Å²) in [5.74, 6) is -0.374. The Labute approximate surface area is 176 Å². The number of benzene rings is 1. The van der Waals surface area contributed by atoms with E-state index >= 15 is 0 Å². The zero-order chi connectivity index (χ0) is 22.6. The van der Waals surface area contributed by atoms with Gasteiger partial charge in [-0.15, -0.1) is 0 Å². The largest absolute Gasteiger partial charge is 0.433 e. The van der Waals surface area contributed by atoms with Gasteiger partial charge in [-0.1, -0.05) is 13.0 Å². The lowest BCUT2D eigenvalue weighted by Crippen LogP contribution is -2.29. The van der Waals surface area contributed by atoms with Crippen LogP contribution in [0.15, 0.2) is 42.9 Å². The van der Waals surface area contributed by atoms with Crippen molar-refractivity contribution in [3.8, 4) is 11.1 Å². The molecule has 8 nitrogen and oxygen atoms in total. The second-order valence-electron chi connectivity index (χ2n) is 7.02. The minimum atomic E-state index is -4.56. The van der Waals surface area contributed by atoms with E-state index in [1.54, 1.807) is 31.5 Å². The van der Waals surface area contributed by atoms with Crippen molar-refractivity contribution in [3.05, 3.63) is 54.1 Å². The van der Waals surface area contributed by atoms with E-state index in [4.69, 9.17) is 5.11 Å². The summed E-state index contributed by atoms with van der Waals surface area (Å²) in [5.41, 5.74) is 1.70. The molecule has 1 aromatic carbocycles. The fourth-order valence-corrected chi connectivity index (χ4v) is 2.65. The first-order chi connectivity index (χ1) is 14.7. The van der Waals surface area contributed by atoms with Crippen LogP contribution in [0.25, 0.3) is 11.1 Å². The minimum absolute atomic E-state index is 0.172. The molecule has 0 fully saturated rings. The Morgan fingerprint density at radius 3 is 2.39 bits per heavy atom. The van der Waals surface area contributed by atoms with Gasteiger partial charge in [0.05, 0.1) is 0 Å². The highest BCUT2D eigenvalue weighted by Crippen LogP contribution is 2.29. The molecule has 2 aromatic heterocycles. The molecule has 0 radical (unpaired) electrons. The molecule has 3 rings (SSSR count). The predicted molar refractivity (Wildman–Crippen MR) is 108 cm³/mol. The van der Waals surface area contributed by atoms with E-state index in [0.29, 0.717) is 11.3 Å². The van der Waals surface area contributed by atoms with Gasteiger partial charge in [0, 0.05) is 42.4 Å². The quantitative estimate of drug-likeness (QED) is 0.419. The Morgan fingerprint density at radius 1 is 1.03 bits per heavy atom. The first-order valence-electron chi connectivity index (χ1n) is 9.32. The highest BCUT2D eigenvalue weighted by atomic mass is 19.4. The summed E-state index contributed by atoms with van der Waals surface area (Å²) in [6.45, 7) is 3.31. The minimum Gasteiger partial charge on any atom is -0.396 e. The lowest BCUT2D eigenvalue weighted by molar-refractivity contribution is -0.141. The van der Waals surface area contributed by atoms with E-state index in [-0.39, 0.29) is 18.5 Å². The third-order valence-electron chi connectivity index (χ3n) is 4.37. The number of nitrogens with zero attached hydrogens (tertiary/aromatic N) is 4. The molecule has 3 aromatic rings. The van der Waals surface area contributed by atoms with Crippen molar-refractivity contribution in [1.29, 1.82) is 0 Å². The molecule has 0 aliphatic carbocycles. The molecule has 2 unspecified atom stereocenters. The second kappa shape index (κ2) is 9.23. The highest BCUT2D eigenvalue weighted by Gasteiger charge is 2.32. The highest BCUT2D eigenvalue weighted by molar-refractivity contribution is 5.70. The lowest BCUT2D eigenvalue weighted by Gasteiger charge is -2.17. The van der Waals surface area contributed by atoms with Crippen LogP contribution in [0, 0.1) is 12.8 Å². The Balaban J connectivity index is 1.80. The van der Waals surface area contributed by atoms with Gasteiger partial charge >= 0.3 is 6.18 Å². The number of aromatic nitrogens is 4. The van der Waals surface area contributed by atoms with Gasteiger partial charge in [-0.25, -0.2) is 19.9 Å². The first kappa shape index (κ1) is 22.4. The van der Waals surface area contributed by atoms with E-state index in [1.807, 2.05) is 13.0 Å². The van der Waals surface area contributed by atoms with Gasteiger partial charge in [-0.05, 0) is 36.2 Å². The Kier molecular flexibility index (Phi) is 6.66. The van der Waals surface area contributed by atoms with Crippen molar-refractivity contribution in [2.75, 3.05) is 17.2 Å². The molecule has 0 saturated heterocycles. The molecule has 11 heteroatoms. The molecule has 31 heavy (non-hydrogen) atoms. The number of anilines is 3. The van der Waals surface area contributed by atoms with E-state index in [0.717, 1.165) is 23.4 Å². The van der Waals surface area contributed by atoms with Crippen LogP contribution in [-0.2, 0) is 6.18 Å². The van der Waals surface area contributed by atoms with E-state index < -0.39 is 24.0 Å². The van der Waals surface area contributed by atoms with Crippen LogP contribution in [0.5, 0.6) is 0 Å². The van der Waals surface area contributed by atoms with Crippen molar-refractivity contribution in [2.24, 2.45) is 5.92 Å². The average Bonchev–Trinajstić information content (AvgIpc) is 2.72. The smallest absolute Gasteiger partial charge is 0.396 e. The molecule has 2 atom stereocenters. The standard InChI is InChI=1S/C20H21F3N6O2/c1-11-5-13(14-8-25-18(26-9-14)29-17(31)12(2)10-30)7-15(6-11)27-19-24-4-3-16(28-19)20(21,22)23/h3-9,12,17,30-31H,10H2,1-2H3,(H,24,27,28)(H,25,26,29). The van der Waals surface area contributed by atoms with Crippen LogP contribution < -0.4 is 10.6 Å². The van der Waals surface area contributed by atoms with Crippen LogP contribution in [-0.4, -0.2) is 43.0 Å². The normalized spacial score (nSPS) is 13.5. The average molecular weight is 434 g/mol. The first-order valence-corrected chi connectivity index (χ1v) is 9.32. The predicted octanol–water partition coefficient (Wildman–Crippen LogP) is 3.36. The summed E-state index contributed by atoms with van der Waals surface area (Å²) in [6.07, 6.45) is -1.43. The maximum atomic E-state index is 12.9. The molecule has 2 heterocycles. The van der Waals surface area contributed by atoms with Crippen molar-refractivity contribution < 1.29 is 23.4 Å². The van der Waals surface area contributed by atoms with Crippen LogP contribution in [0.3, 0.4) is 0 Å². The number of nitrogens with one attached hydrogen (secondary N) is 2. The maximum absolute atomic E-state index is 12.9. The molecule has 0 saturated carbocycles. The fraction of sp³-hybridized carbons (Fsp3) is 0.300. The summed E-state index contributed by atoms with van der Waals surface area (Å²) < 4.78 is 38.6. The summed E-state index contributed by atoms with van der Waals surface area (Å²) in [6, 6.07) is 6.13. The van der Waals surface area contributed by atoms with Crippen LogP contribution in [0.1, 0.15) is 18.2 Å². The number of rotatable bonds is 7. The zero-order valence-corrected chi connectivity index (χ0v) is 16.7. The van der Waals surface area contributed by atoms with Crippen LogP contribution in [0.4, 0.5) is 30.8 Å². The topological polar surface area (TPSA) is 116 Å². The maximum Gasteiger partial charge on any atom is 0.433 e. The van der Waals surface area contributed by atoms with Crippen molar-refractivity contribution >= 4 is 17.6 Å². The fourth-order valence-electron chi connectivity index (χ4n) is 2.65. The summed E-state index contributed by atoms with van der Waals surface area (Å²) in [4.78, 5) is 15.7. The number of aliphatic hydroxyl groups is 2. The molecule has 0 spiro atoms. The number of hydrogen-bond acceptors (Lipinski definition) is 8. The molecule has 164 valence electrons. The lowest BCUT2D eigenvalue weighted by atomic mass is 10.1. The van der Waals surface area contributed by atoms with Gasteiger partial charge in [-0.3, -0.25) is 0 Å². The van der Waals surface area contributed by atoms with E-state index in [1.165, 1.54) is 0 Å². The van der Waals surface area contributed by atoms with Crippen molar-refractivity contribution in [1.82, 2.24) is 19.9 Å².